The van der Waals surface area contributed by atoms with Gasteiger partial charge in [0.1, 0.15) is 0 Å². The van der Waals surface area contributed by atoms with Crippen molar-refractivity contribution < 1.29 is 4.79 Å². The summed E-state index contributed by atoms with van der Waals surface area (Å²) in [5, 5.41) is 2.93. The zero-order chi connectivity index (χ0) is 13.5. The van der Waals surface area contributed by atoms with Crippen molar-refractivity contribution in [1.82, 2.24) is 0 Å². The molecule has 3 nitrogen and oxygen atoms in total. The van der Waals surface area contributed by atoms with Gasteiger partial charge in [-0.15, -0.1) is 0 Å². The molecule has 100 valence electrons. The van der Waals surface area contributed by atoms with Gasteiger partial charge in [0.2, 0.25) is 5.91 Å². The Morgan fingerprint density at radius 1 is 1.56 bits per heavy atom. The number of hydrogen-bond donors (Lipinski definition) is 2. The lowest BCUT2D eigenvalue weighted by molar-refractivity contribution is -0.113. The van der Waals surface area contributed by atoms with Gasteiger partial charge in [-0.2, -0.15) is 11.8 Å². The van der Waals surface area contributed by atoms with Gasteiger partial charge in [0.15, 0.2) is 0 Å². The van der Waals surface area contributed by atoms with Crippen LogP contribution in [0.4, 0.5) is 5.69 Å². The summed E-state index contributed by atoms with van der Waals surface area (Å²) in [5.41, 5.74) is 7.78. The van der Waals surface area contributed by atoms with Crippen molar-refractivity contribution in [2.75, 3.05) is 16.8 Å². The SMILES string of the molecule is CCC(N)CSCC(=O)Nc1ccc(I)cc1C. The van der Waals surface area contributed by atoms with E-state index in [9.17, 15) is 4.79 Å². The summed E-state index contributed by atoms with van der Waals surface area (Å²) < 4.78 is 1.17. The summed E-state index contributed by atoms with van der Waals surface area (Å²) in [4.78, 5) is 11.7. The Labute approximate surface area is 126 Å². The van der Waals surface area contributed by atoms with Crippen LogP contribution in [0.3, 0.4) is 0 Å². The van der Waals surface area contributed by atoms with Crippen molar-refractivity contribution in [2.24, 2.45) is 5.73 Å². The fourth-order valence-corrected chi connectivity index (χ4v) is 2.94. The van der Waals surface area contributed by atoms with E-state index >= 15 is 0 Å². The molecule has 0 fully saturated rings. The van der Waals surface area contributed by atoms with Crippen molar-refractivity contribution >= 4 is 45.9 Å². The number of hydrogen-bond acceptors (Lipinski definition) is 3. The zero-order valence-electron chi connectivity index (χ0n) is 10.7. The highest BCUT2D eigenvalue weighted by atomic mass is 127. The Bertz CT molecular complexity index is 412. The van der Waals surface area contributed by atoms with Gasteiger partial charge in [-0.1, -0.05) is 6.92 Å². The second-order valence-corrected chi connectivity index (χ2v) is 6.47. The monoisotopic (exact) mass is 378 g/mol. The van der Waals surface area contributed by atoms with E-state index in [1.165, 1.54) is 3.57 Å². The van der Waals surface area contributed by atoms with Crippen LogP contribution in [0.5, 0.6) is 0 Å². The number of aryl methyl sites for hydroxylation is 1. The van der Waals surface area contributed by atoms with E-state index in [4.69, 9.17) is 5.73 Å². The van der Waals surface area contributed by atoms with Crippen LogP contribution in [-0.2, 0) is 4.79 Å². The average molecular weight is 378 g/mol. The molecule has 0 aliphatic carbocycles. The lowest BCUT2D eigenvalue weighted by Crippen LogP contribution is -2.23. The van der Waals surface area contributed by atoms with E-state index < -0.39 is 0 Å². The number of amides is 1. The Balaban J connectivity index is 2.40. The number of thioether (sulfide) groups is 1. The first kappa shape index (κ1) is 15.8. The van der Waals surface area contributed by atoms with Gasteiger partial charge >= 0.3 is 0 Å². The molecule has 1 amide bonds. The normalized spacial score (nSPS) is 12.2. The lowest BCUT2D eigenvalue weighted by atomic mass is 10.2. The van der Waals surface area contributed by atoms with Crippen molar-refractivity contribution in [3.8, 4) is 0 Å². The number of rotatable bonds is 6. The molecule has 0 aliphatic heterocycles. The fourth-order valence-electron chi connectivity index (χ4n) is 1.37. The first-order chi connectivity index (χ1) is 8.52. The Morgan fingerprint density at radius 2 is 2.28 bits per heavy atom. The predicted octanol–water partition coefficient (Wildman–Crippen LogP) is 3.01. The molecule has 0 bridgehead atoms. The molecule has 5 heteroatoms. The Kier molecular flexibility index (Phi) is 7.03. The van der Waals surface area contributed by atoms with Crippen molar-refractivity contribution in [1.29, 1.82) is 0 Å². The van der Waals surface area contributed by atoms with Crippen LogP contribution in [0, 0.1) is 10.5 Å². The molecule has 1 aromatic rings. The Hall–Kier alpha value is -0.270. The molecule has 1 unspecified atom stereocenters. The first-order valence-electron chi connectivity index (χ1n) is 5.92. The number of benzene rings is 1. The lowest BCUT2D eigenvalue weighted by Gasteiger charge is -2.10. The second-order valence-electron chi connectivity index (χ2n) is 4.19. The van der Waals surface area contributed by atoms with Crippen molar-refractivity contribution in [3.05, 3.63) is 27.3 Å². The highest BCUT2D eigenvalue weighted by Crippen LogP contribution is 2.18. The second kappa shape index (κ2) is 8.01. The van der Waals surface area contributed by atoms with Crippen LogP contribution in [0.1, 0.15) is 18.9 Å². The predicted molar refractivity (Wildman–Crippen MR) is 88.1 cm³/mol. The van der Waals surface area contributed by atoms with Crippen LogP contribution in [0.25, 0.3) is 0 Å². The van der Waals surface area contributed by atoms with Gasteiger partial charge in [-0.3, -0.25) is 4.79 Å². The highest BCUT2D eigenvalue weighted by molar-refractivity contribution is 14.1. The minimum Gasteiger partial charge on any atom is -0.327 e. The number of nitrogens with two attached hydrogens (primary N) is 1. The zero-order valence-corrected chi connectivity index (χ0v) is 13.7. The molecule has 1 rings (SSSR count). The van der Waals surface area contributed by atoms with Crippen LogP contribution in [0.15, 0.2) is 18.2 Å². The maximum Gasteiger partial charge on any atom is 0.234 e. The number of nitrogens with one attached hydrogen (secondary N) is 1. The Morgan fingerprint density at radius 3 is 2.89 bits per heavy atom. The minimum absolute atomic E-state index is 0.0348. The summed E-state index contributed by atoms with van der Waals surface area (Å²) in [7, 11) is 0. The standard InChI is InChI=1S/C13H19IN2OS/c1-3-11(15)7-18-8-13(17)16-12-5-4-10(14)6-9(12)2/h4-6,11H,3,7-8,15H2,1-2H3,(H,16,17). The van der Waals surface area contributed by atoms with Gasteiger partial charge < -0.3 is 11.1 Å². The molecular weight excluding hydrogens is 359 g/mol. The summed E-state index contributed by atoms with van der Waals surface area (Å²) >= 11 is 3.84. The molecule has 0 saturated heterocycles. The number of halogens is 1. The third-order valence-electron chi connectivity index (χ3n) is 2.55. The van der Waals surface area contributed by atoms with E-state index in [-0.39, 0.29) is 11.9 Å². The van der Waals surface area contributed by atoms with E-state index in [2.05, 4.69) is 40.9 Å². The third-order valence-corrected chi connectivity index (χ3v) is 4.35. The molecule has 1 aromatic carbocycles. The van der Waals surface area contributed by atoms with Gasteiger partial charge in [-0.05, 0) is 59.7 Å². The smallest absolute Gasteiger partial charge is 0.234 e. The topological polar surface area (TPSA) is 55.1 Å². The van der Waals surface area contributed by atoms with E-state index in [1.807, 2.05) is 19.1 Å². The first-order valence-corrected chi connectivity index (χ1v) is 8.15. The van der Waals surface area contributed by atoms with Crippen LogP contribution in [-0.4, -0.2) is 23.5 Å². The largest absolute Gasteiger partial charge is 0.327 e. The maximum absolute atomic E-state index is 11.7. The fraction of sp³-hybridized carbons (Fsp3) is 0.462. The minimum atomic E-state index is 0.0348. The quantitative estimate of drug-likeness (QED) is 0.749. The van der Waals surface area contributed by atoms with E-state index in [0.717, 1.165) is 23.4 Å². The molecule has 0 aliphatic rings. The van der Waals surface area contributed by atoms with Gasteiger partial charge in [0.25, 0.3) is 0 Å². The van der Waals surface area contributed by atoms with Gasteiger partial charge in [0, 0.05) is 21.1 Å². The van der Waals surface area contributed by atoms with Gasteiger partial charge in [0.05, 0.1) is 5.75 Å². The summed E-state index contributed by atoms with van der Waals surface area (Å²) in [6.45, 7) is 4.05. The van der Waals surface area contributed by atoms with Crippen LogP contribution < -0.4 is 11.1 Å². The summed E-state index contributed by atoms with van der Waals surface area (Å²) in [6, 6.07) is 6.17. The van der Waals surface area contributed by atoms with Crippen molar-refractivity contribution in [2.45, 2.75) is 26.3 Å². The molecule has 0 aromatic heterocycles. The summed E-state index contributed by atoms with van der Waals surface area (Å²) in [6.07, 6.45) is 0.949. The van der Waals surface area contributed by atoms with Crippen LogP contribution in [0.2, 0.25) is 0 Å². The third kappa shape index (κ3) is 5.58. The highest BCUT2D eigenvalue weighted by Gasteiger charge is 2.06. The molecule has 0 saturated carbocycles. The molecule has 0 radical (unpaired) electrons. The summed E-state index contributed by atoms with van der Waals surface area (Å²) in [5.74, 6) is 1.32. The molecule has 1 atom stereocenters. The molecule has 3 N–H and O–H groups in total. The van der Waals surface area contributed by atoms with E-state index in [1.54, 1.807) is 11.8 Å². The number of anilines is 1. The molecule has 0 spiro atoms. The van der Waals surface area contributed by atoms with E-state index in [0.29, 0.717) is 5.75 Å². The average Bonchev–Trinajstić information content (AvgIpc) is 2.32. The number of carbonyl (C=O) groups excluding carboxylic acids is 1. The number of carbonyl (C=O) groups is 1. The molecule has 18 heavy (non-hydrogen) atoms. The van der Waals surface area contributed by atoms with Gasteiger partial charge in [-0.25, -0.2) is 0 Å². The molecular formula is C13H19IN2OS. The van der Waals surface area contributed by atoms with Crippen molar-refractivity contribution in [3.63, 3.8) is 0 Å². The molecule has 0 heterocycles. The maximum atomic E-state index is 11.7. The van der Waals surface area contributed by atoms with Crippen LogP contribution >= 0.6 is 34.4 Å².